The van der Waals surface area contributed by atoms with Crippen molar-refractivity contribution >= 4 is 29.1 Å². The van der Waals surface area contributed by atoms with Crippen LogP contribution in [-0.2, 0) is 9.59 Å². The number of benzene rings is 1. The van der Waals surface area contributed by atoms with Crippen LogP contribution >= 0.6 is 11.6 Å². The maximum Gasteiger partial charge on any atom is 0.229 e. The Labute approximate surface area is 153 Å². The summed E-state index contributed by atoms with van der Waals surface area (Å²) < 4.78 is 5.26. The van der Waals surface area contributed by atoms with Gasteiger partial charge < -0.3 is 15.0 Å². The number of hydrogen-bond donors (Lipinski definition) is 1. The Morgan fingerprint density at radius 2 is 1.96 bits per heavy atom. The van der Waals surface area contributed by atoms with E-state index in [1.54, 1.807) is 25.3 Å². The summed E-state index contributed by atoms with van der Waals surface area (Å²) in [6.07, 6.45) is 7.24. The van der Waals surface area contributed by atoms with E-state index in [2.05, 4.69) is 5.32 Å². The minimum Gasteiger partial charge on any atom is -0.495 e. The fourth-order valence-electron chi connectivity index (χ4n) is 3.84. The third-order valence-corrected chi connectivity index (χ3v) is 5.45. The topological polar surface area (TPSA) is 58.6 Å². The number of carbonyl (C=O) groups excluding carboxylic acids is 2. The van der Waals surface area contributed by atoms with Crippen LogP contribution < -0.4 is 10.1 Å². The number of hydrogen-bond acceptors (Lipinski definition) is 3. The van der Waals surface area contributed by atoms with Gasteiger partial charge in [0, 0.05) is 24.0 Å². The minimum absolute atomic E-state index is 0.102. The molecule has 1 aromatic carbocycles. The van der Waals surface area contributed by atoms with Crippen molar-refractivity contribution in [2.75, 3.05) is 19.0 Å². The number of rotatable bonds is 4. The van der Waals surface area contributed by atoms with Gasteiger partial charge in [-0.15, -0.1) is 0 Å². The van der Waals surface area contributed by atoms with Gasteiger partial charge in [0.1, 0.15) is 5.75 Å². The van der Waals surface area contributed by atoms with Crippen molar-refractivity contribution in [2.24, 2.45) is 5.92 Å². The average molecular weight is 365 g/mol. The molecule has 25 heavy (non-hydrogen) atoms. The third kappa shape index (κ3) is 4.27. The zero-order valence-corrected chi connectivity index (χ0v) is 15.3. The zero-order valence-electron chi connectivity index (χ0n) is 14.6. The quantitative estimate of drug-likeness (QED) is 0.825. The van der Waals surface area contributed by atoms with Gasteiger partial charge in [0.25, 0.3) is 0 Å². The molecule has 2 aliphatic rings. The van der Waals surface area contributed by atoms with Crippen molar-refractivity contribution in [3.8, 4) is 5.75 Å². The second-order valence-corrected chi connectivity index (χ2v) is 7.36. The van der Waals surface area contributed by atoms with Crippen molar-refractivity contribution in [3.63, 3.8) is 0 Å². The standard InChI is InChI=1S/C19H25ClN2O3/c1-25-17-9-8-14(20)11-16(17)21-19(24)13-10-18(23)22(12-13)15-6-4-2-3-5-7-15/h8-9,11,13,15H,2-7,10,12H2,1H3,(H,21,24). The van der Waals surface area contributed by atoms with Gasteiger partial charge in [-0.3, -0.25) is 9.59 Å². The number of amides is 2. The Kier molecular flexibility index (Phi) is 5.84. The van der Waals surface area contributed by atoms with Crippen LogP contribution in [0.4, 0.5) is 5.69 Å². The summed E-state index contributed by atoms with van der Waals surface area (Å²) in [5, 5.41) is 3.40. The predicted octanol–water partition coefficient (Wildman–Crippen LogP) is 3.86. The van der Waals surface area contributed by atoms with Crippen molar-refractivity contribution in [1.82, 2.24) is 4.90 Å². The summed E-state index contributed by atoms with van der Waals surface area (Å²) in [5.41, 5.74) is 0.542. The summed E-state index contributed by atoms with van der Waals surface area (Å²) in [6.45, 7) is 0.512. The summed E-state index contributed by atoms with van der Waals surface area (Å²) in [4.78, 5) is 27.0. The van der Waals surface area contributed by atoms with Gasteiger partial charge >= 0.3 is 0 Å². The summed E-state index contributed by atoms with van der Waals surface area (Å²) in [6, 6.07) is 5.39. The third-order valence-electron chi connectivity index (χ3n) is 5.21. The van der Waals surface area contributed by atoms with Crippen LogP contribution in [0.5, 0.6) is 5.75 Å². The molecule has 1 heterocycles. The van der Waals surface area contributed by atoms with Crippen LogP contribution in [0.3, 0.4) is 0 Å². The lowest BCUT2D eigenvalue weighted by Gasteiger charge is -2.27. The normalized spacial score (nSPS) is 21.9. The summed E-state index contributed by atoms with van der Waals surface area (Å²) >= 11 is 6.01. The molecule has 1 unspecified atom stereocenters. The highest BCUT2D eigenvalue weighted by atomic mass is 35.5. The molecule has 136 valence electrons. The van der Waals surface area contributed by atoms with Crippen LogP contribution in [-0.4, -0.2) is 36.4 Å². The van der Waals surface area contributed by atoms with Crippen molar-refractivity contribution < 1.29 is 14.3 Å². The highest BCUT2D eigenvalue weighted by Gasteiger charge is 2.38. The fraction of sp³-hybridized carbons (Fsp3) is 0.579. The molecule has 1 atom stereocenters. The monoisotopic (exact) mass is 364 g/mol. The molecule has 1 aliphatic heterocycles. The van der Waals surface area contributed by atoms with E-state index in [0.29, 0.717) is 29.0 Å². The van der Waals surface area contributed by atoms with Gasteiger partial charge in [-0.1, -0.05) is 37.3 Å². The van der Waals surface area contributed by atoms with Crippen molar-refractivity contribution in [2.45, 2.75) is 51.0 Å². The molecular formula is C19H25ClN2O3. The van der Waals surface area contributed by atoms with Gasteiger partial charge in [0.2, 0.25) is 11.8 Å². The van der Waals surface area contributed by atoms with Crippen LogP contribution in [0.1, 0.15) is 44.9 Å². The molecule has 2 amide bonds. The van der Waals surface area contributed by atoms with Crippen molar-refractivity contribution in [3.05, 3.63) is 23.2 Å². The predicted molar refractivity (Wildman–Crippen MR) is 97.9 cm³/mol. The number of carbonyl (C=O) groups is 2. The summed E-state index contributed by atoms with van der Waals surface area (Å²) in [7, 11) is 1.55. The molecule has 6 heteroatoms. The largest absolute Gasteiger partial charge is 0.495 e. The van der Waals surface area contributed by atoms with Crippen LogP contribution in [0, 0.1) is 5.92 Å². The molecule has 0 spiro atoms. The number of likely N-dealkylation sites (tertiary alicyclic amines) is 1. The Morgan fingerprint density at radius 3 is 2.64 bits per heavy atom. The number of anilines is 1. The molecule has 1 aliphatic carbocycles. The molecule has 5 nitrogen and oxygen atoms in total. The minimum atomic E-state index is -0.320. The first-order valence-corrected chi connectivity index (χ1v) is 9.40. The van der Waals surface area contributed by atoms with E-state index >= 15 is 0 Å². The average Bonchev–Trinajstić information content (AvgIpc) is 2.81. The number of halogens is 1. The van der Waals surface area contributed by atoms with Gasteiger partial charge in [-0.05, 0) is 31.0 Å². The first-order valence-electron chi connectivity index (χ1n) is 9.02. The smallest absolute Gasteiger partial charge is 0.229 e. The van der Waals surface area contributed by atoms with E-state index in [-0.39, 0.29) is 24.2 Å². The van der Waals surface area contributed by atoms with E-state index in [4.69, 9.17) is 16.3 Å². The maximum atomic E-state index is 12.6. The van der Waals surface area contributed by atoms with Crippen molar-refractivity contribution in [1.29, 1.82) is 0 Å². The number of methoxy groups -OCH3 is 1. The van der Waals surface area contributed by atoms with E-state index in [0.717, 1.165) is 12.8 Å². The lowest BCUT2D eigenvalue weighted by Crippen LogP contribution is -2.37. The lowest BCUT2D eigenvalue weighted by atomic mass is 10.1. The van der Waals surface area contributed by atoms with E-state index in [1.807, 2.05) is 4.90 Å². The highest BCUT2D eigenvalue weighted by Crippen LogP contribution is 2.31. The molecule has 0 aromatic heterocycles. The Hall–Kier alpha value is -1.75. The second kappa shape index (κ2) is 8.09. The first-order chi connectivity index (χ1) is 12.1. The van der Waals surface area contributed by atoms with E-state index in [9.17, 15) is 9.59 Å². The molecule has 1 aromatic rings. The lowest BCUT2D eigenvalue weighted by molar-refractivity contribution is -0.130. The van der Waals surface area contributed by atoms with E-state index < -0.39 is 0 Å². The highest BCUT2D eigenvalue weighted by molar-refractivity contribution is 6.31. The Bertz CT molecular complexity index is 642. The van der Waals surface area contributed by atoms with Crippen LogP contribution in [0.15, 0.2) is 18.2 Å². The van der Waals surface area contributed by atoms with Gasteiger partial charge in [-0.2, -0.15) is 0 Å². The zero-order chi connectivity index (χ0) is 17.8. The van der Waals surface area contributed by atoms with Gasteiger partial charge in [0.15, 0.2) is 0 Å². The first kappa shape index (κ1) is 18.1. The summed E-state index contributed by atoms with van der Waals surface area (Å²) in [5.74, 6) is 0.192. The molecule has 0 radical (unpaired) electrons. The second-order valence-electron chi connectivity index (χ2n) is 6.93. The van der Waals surface area contributed by atoms with Crippen LogP contribution in [0.2, 0.25) is 5.02 Å². The number of nitrogens with zero attached hydrogens (tertiary/aromatic N) is 1. The molecule has 3 rings (SSSR count). The van der Waals surface area contributed by atoms with Crippen LogP contribution in [0.25, 0.3) is 0 Å². The molecule has 1 saturated carbocycles. The Morgan fingerprint density at radius 1 is 1.24 bits per heavy atom. The molecular weight excluding hydrogens is 340 g/mol. The Balaban J connectivity index is 1.65. The fourth-order valence-corrected chi connectivity index (χ4v) is 4.01. The maximum absolute atomic E-state index is 12.6. The molecule has 0 bridgehead atoms. The SMILES string of the molecule is COc1ccc(Cl)cc1NC(=O)C1CC(=O)N(C2CCCCCC2)C1. The molecule has 1 saturated heterocycles. The molecule has 2 fully saturated rings. The number of ether oxygens (including phenoxy) is 1. The number of nitrogens with one attached hydrogen (secondary N) is 1. The van der Waals surface area contributed by atoms with Gasteiger partial charge in [-0.25, -0.2) is 0 Å². The van der Waals surface area contributed by atoms with E-state index in [1.165, 1.54) is 25.7 Å². The van der Waals surface area contributed by atoms with Gasteiger partial charge in [0.05, 0.1) is 18.7 Å². The molecule has 1 N–H and O–H groups in total.